The molecule has 5 nitrogen and oxygen atoms in total. The van der Waals surface area contributed by atoms with Gasteiger partial charge in [-0.2, -0.15) is 0 Å². The van der Waals surface area contributed by atoms with E-state index in [2.05, 4.69) is 20.9 Å². The van der Waals surface area contributed by atoms with E-state index < -0.39 is 11.2 Å². The Bertz CT molecular complexity index is 395. The molecule has 1 heterocycles. The predicted octanol–water partition coefficient (Wildman–Crippen LogP) is -0.352. The van der Waals surface area contributed by atoms with Gasteiger partial charge in [0.2, 0.25) is 0 Å². The monoisotopic (exact) mass is 247 g/mol. The number of halogens is 1. The quantitative estimate of drug-likeness (QED) is 0.767. The fraction of sp³-hybridized carbons (Fsp3) is 0.429. The summed E-state index contributed by atoms with van der Waals surface area (Å²) in [6.45, 7) is 1.04. The number of nitrogens with two attached hydrogens (primary N) is 1. The van der Waals surface area contributed by atoms with Crippen molar-refractivity contribution in [2.24, 2.45) is 5.73 Å². The van der Waals surface area contributed by atoms with Crippen LogP contribution in [0.2, 0.25) is 0 Å². The van der Waals surface area contributed by atoms with Crippen LogP contribution >= 0.6 is 15.9 Å². The maximum atomic E-state index is 11.1. The van der Waals surface area contributed by atoms with Gasteiger partial charge in [-0.3, -0.25) is 14.3 Å². The lowest BCUT2D eigenvalue weighted by Crippen LogP contribution is -2.30. The van der Waals surface area contributed by atoms with Gasteiger partial charge in [0.1, 0.15) is 0 Å². The van der Waals surface area contributed by atoms with E-state index in [1.807, 2.05) is 0 Å². The summed E-state index contributed by atoms with van der Waals surface area (Å²) in [4.78, 5) is 24.2. The number of hydrogen-bond acceptors (Lipinski definition) is 3. The van der Waals surface area contributed by atoms with Crippen LogP contribution in [0.25, 0.3) is 0 Å². The molecule has 1 aromatic heterocycles. The molecule has 0 saturated heterocycles. The first-order valence-corrected chi connectivity index (χ1v) is 4.64. The molecule has 0 aliphatic heterocycles. The molecular weight excluding hydrogens is 238 g/mol. The molecule has 0 amide bonds. The molecule has 0 bridgehead atoms. The van der Waals surface area contributed by atoms with Gasteiger partial charge in [-0.25, -0.2) is 4.79 Å². The lowest BCUT2D eigenvalue weighted by atomic mass is 10.4. The van der Waals surface area contributed by atoms with Crippen molar-refractivity contribution in [3.05, 3.63) is 31.5 Å². The first-order valence-electron chi connectivity index (χ1n) is 3.84. The standard InChI is InChI=1S/C7H10BrN3O2/c8-5-4-11(3-1-2-9)7(13)10-6(5)12/h4H,1-3,9H2,(H,10,12,13). The highest BCUT2D eigenvalue weighted by Gasteiger charge is 2.00. The summed E-state index contributed by atoms with van der Waals surface area (Å²) in [5.74, 6) is 0. The molecule has 0 aromatic carbocycles. The zero-order chi connectivity index (χ0) is 9.84. The number of aromatic amines is 1. The van der Waals surface area contributed by atoms with E-state index in [0.29, 0.717) is 24.0 Å². The molecule has 0 fully saturated rings. The largest absolute Gasteiger partial charge is 0.330 e. The van der Waals surface area contributed by atoms with Gasteiger partial charge < -0.3 is 5.73 Å². The number of nitrogens with zero attached hydrogens (tertiary/aromatic N) is 1. The summed E-state index contributed by atoms with van der Waals surface area (Å²) in [6.07, 6.45) is 2.18. The molecule has 0 saturated carbocycles. The highest BCUT2D eigenvalue weighted by Crippen LogP contribution is 1.97. The SMILES string of the molecule is NCCCn1cc(Br)c(=O)[nH]c1=O. The first kappa shape index (κ1) is 10.2. The van der Waals surface area contributed by atoms with Crippen LogP contribution in [0.1, 0.15) is 6.42 Å². The van der Waals surface area contributed by atoms with Gasteiger partial charge in [0.25, 0.3) is 5.56 Å². The van der Waals surface area contributed by atoms with Gasteiger partial charge in [0, 0.05) is 12.7 Å². The van der Waals surface area contributed by atoms with Crippen LogP contribution in [-0.2, 0) is 6.54 Å². The first-order chi connectivity index (χ1) is 6.15. The lowest BCUT2D eigenvalue weighted by Gasteiger charge is -2.02. The highest BCUT2D eigenvalue weighted by molar-refractivity contribution is 9.10. The average Bonchev–Trinajstić information content (AvgIpc) is 2.09. The number of rotatable bonds is 3. The van der Waals surface area contributed by atoms with Crippen LogP contribution in [-0.4, -0.2) is 16.1 Å². The smallest absolute Gasteiger partial charge is 0.328 e. The third-order valence-electron chi connectivity index (χ3n) is 1.57. The van der Waals surface area contributed by atoms with E-state index >= 15 is 0 Å². The van der Waals surface area contributed by atoms with Crippen LogP contribution in [0, 0.1) is 0 Å². The van der Waals surface area contributed by atoms with Crippen molar-refractivity contribution in [1.29, 1.82) is 0 Å². The molecule has 0 atom stereocenters. The van der Waals surface area contributed by atoms with Crippen LogP contribution in [0.4, 0.5) is 0 Å². The highest BCUT2D eigenvalue weighted by atomic mass is 79.9. The Balaban J connectivity index is 3.02. The van der Waals surface area contributed by atoms with E-state index in [9.17, 15) is 9.59 Å². The Kier molecular flexibility index (Phi) is 3.44. The molecule has 13 heavy (non-hydrogen) atoms. The number of nitrogens with one attached hydrogen (secondary N) is 1. The van der Waals surface area contributed by atoms with Crippen LogP contribution in [0.15, 0.2) is 20.3 Å². The zero-order valence-electron chi connectivity index (χ0n) is 6.92. The Hall–Kier alpha value is -0.880. The number of aryl methyl sites for hydroxylation is 1. The van der Waals surface area contributed by atoms with Crippen molar-refractivity contribution in [3.63, 3.8) is 0 Å². The molecule has 0 spiro atoms. The Labute approximate surface area is 82.7 Å². The minimum atomic E-state index is -0.408. The van der Waals surface area contributed by atoms with Gasteiger partial charge in [-0.15, -0.1) is 0 Å². The van der Waals surface area contributed by atoms with Crippen molar-refractivity contribution >= 4 is 15.9 Å². The third-order valence-corrected chi connectivity index (χ3v) is 2.14. The molecule has 3 N–H and O–H groups in total. The Morgan fingerprint density at radius 2 is 2.23 bits per heavy atom. The summed E-state index contributed by atoms with van der Waals surface area (Å²) in [7, 11) is 0. The summed E-state index contributed by atoms with van der Waals surface area (Å²) < 4.78 is 1.77. The molecular formula is C7H10BrN3O2. The Morgan fingerprint density at radius 1 is 1.54 bits per heavy atom. The van der Waals surface area contributed by atoms with Crippen molar-refractivity contribution in [3.8, 4) is 0 Å². The second kappa shape index (κ2) is 4.38. The minimum Gasteiger partial charge on any atom is -0.330 e. The molecule has 1 rings (SSSR count). The lowest BCUT2D eigenvalue weighted by molar-refractivity contribution is 0.609. The molecule has 0 aliphatic rings. The molecule has 6 heteroatoms. The van der Waals surface area contributed by atoms with Gasteiger partial charge in [-0.05, 0) is 28.9 Å². The molecule has 0 radical (unpaired) electrons. The summed E-state index contributed by atoms with van der Waals surface area (Å²) in [5, 5.41) is 0. The number of hydrogen-bond donors (Lipinski definition) is 2. The van der Waals surface area contributed by atoms with Crippen LogP contribution in [0.5, 0.6) is 0 Å². The van der Waals surface area contributed by atoms with Crippen LogP contribution in [0.3, 0.4) is 0 Å². The second-order valence-electron chi connectivity index (χ2n) is 2.57. The van der Waals surface area contributed by atoms with E-state index in [-0.39, 0.29) is 0 Å². The van der Waals surface area contributed by atoms with Crippen molar-refractivity contribution in [2.75, 3.05) is 6.54 Å². The van der Waals surface area contributed by atoms with Gasteiger partial charge in [-0.1, -0.05) is 0 Å². The summed E-state index contributed by atoms with van der Waals surface area (Å²) in [6, 6.07) is 0. The molecule has 0 aliphatic carbocycles. The zero-order valence-corrected chi connectivity index (χ0v) is 8.50. The van der Waals surface area contributed by atoms with E-state index in [1.165, 1.54) is 10.8 Å². The van der Waals surface area contributed by atoms with E-state index in [1.54, 1.807) is 0 Å². The van der Waals surface area contributed by atoms with Gasteiger partial charge in [0.15, 0.2) is 0 Å². The van der Waals surface area contributed by atoms with Crippen molar-refractivity contribution in [1.82, 2.24) is 9.55 Å². The normalized spacial score (nSPS) is 10.3. The maximum absolute atomic E-state index is 11.1. The average molecular weight is 248 g/mol. The summed E-state index contributed by atoms with van der Waals surface area (Å²) in [5.41, 5.74) is 4.49. The second-order valence-corrected chi connectivity index (χ2v) is 3.43. The van der Waals surface area contributed by atoms with E-state index in [0.717, 1.165) is 0 Å². The number of H-pyrrole nitrogens is 1. The Morgan fingerprint density at radius 3 is 2.85 bits per heavy atom. The summed E-state index contributed by atoms with van der Waals surface area (Å²) >= 11 is 3.04. The third kappa shape index (κ3) is 2.53. The fourth-order valence-corrected chi connectivity index (χ4v) is 1.26. The number of aromatic nitrogens is 2. The van der Waals surface area contributed by atoms with Crippen molar-refractivity contribution < 1.29 is 0 Å². The minimum absolute atomic E-state index is 0.351. The maximum Gasteiger partial charge on any atom is 0.328 e. The predicted molar refractivity (Wildman–Crippen MR) is 52.7 cm³/mol. The topological polar surface area (TPSA) is 80.9 Å². The molecule has 0 unspecified atom stereocenters. The fourth-order valence-electron chi connectivity index (χ4n) is 0.910. The van der Waals surface area contributed by atoms with Crippen LogP contribution < -0.4 is 17.0 Å². The van der Waals surface area contributed by atoms with Gasteiger partial charge in [0.05, 0.1) is 4.47 Å². The molecule has 1 aromatic rings. The van der Waals surface area contributed by atoms with Crippen molar-refractivity contribution in [2.45, 2.75) is 13.0 Å². The molecule has 72 valence electrons. The van der Waals surface area contributed by atoms with Gasteiger partial charge >= 0.3 is 5.69 Å². The van der Waals surface area contributed by atoms with E-state index in [4.69, 9.17) is 5.73 Å².